The van der Waals surface area contributed by atoms with Gasteiger partial charge in [0.2, 0.25) is 5.91 Å². The maximum absolute atomic E-state index is 12.3. The van der Waals surface area contributed by atoms with Crippen LogP contribution in [0, 0.1) is 6.92 Å². The smallest absolute Gasteiger partial charge is 0.234 e. The molecule has 0 unspecified atom stereocenters. The van der Waals surface area contributed by atoms with Crippen molar-refractivity contribution >= 4 is 35.0 Å². The molecule has 0 saturated carbocycles. The van der Waals surface area contributed by atoms with Crippen LogP contribution < -0.4 is 5.32 Å². The number of carbonyl (C=O) groups is 1. The number of aryl methyl sites for hydroxylation is 1. The summed E-state index contributed by atoms with van der Waals surface area (Å²) in [5.41, 5.74) is 3.81. The number of nitrogens with one attached hydrogen (secondary N) is 1. The first-order chi connectivity index (χ1) is 12.1. The lowest BCUT2D eigenvalue weighted by molar-refractivity contribution is -0.113. The second-order valence-electron chi connectivity index (χ2n) is 5.47. The highest BCUT2D eigenvalue weighted by Crippen LogP contribution is 2.24. The van der Waals surface area contributed by atoms with Crippen molar-refractivity contribution in [1.82, 2.24) is 14.8 Å². The summed E-state index contributed by atoms with van der Waals surface area (Å²) in [6.45, 7) is 2.08. The predicted octanol–water partition coefficient (Wildman–Crippen LogP) is 4.10. The van der Waals surface area contributed by atoms with Crippen molar-refractivity contribution in [3.63, 3.8) is 0 Å². The Balaban J connectivity index is 1.63. The standard InChI is InChI=1S/C18H17ClN4OS/c1-13-4-2-3-5-14(13)9-25-10-18(24)22-16-8-15(19)6-7-17(16)23-12-20-11-21-23/h2-8,11-12H,9-10H2,1H3,(H,22,24). The summed E-state index contributed by atoms with van der Waals surface area (Å²) in [4.78, 5) is 16.2. The fourth-order valence-corrected chi connectivity index (χ4v) is 3.43. The monoisotopic (exact) mass is 372 g/mol. The molecule has 1 amide bonds. The van der Waals surface area contributed by atoms with Crippen molar-refractivity contribution in [2.24, 2.45) is 0 Å². The highest BCUT2D eigenvalue weighted by atomic mass is 35.5. The molecule has 0 atom stereocenters. The fraction of sp³-hybridized carbons (Fsp3) is 0.167. The van der Waals surface area contributed by atoms with Gasteiger partial charge in [-0.05, 0) is 36.2 Å². The molecule has 25 heavy (non-hydrogen) atoms. The van der Waals surface area contributed by atoms with E-state index < -0.39 is 0 Å². The number of benzene rings is 2. The predicted molar refractivity (Wildman–Crippen MR) is 102 cm³/mol. The van der Waals surface area contributed by atoms with E-state index in [1.54, 1.807) is 41.0 Å². The summed E-state index contributed by atoms with van der Waals surface area (Å²) in [6, 6.07) is 13.4. The second-order valence-corrected chi connectivity index (χ2v) is 6.89. The molecule has 128 valence electrons. The molecule has 0 fully saturated rings. The molecule has 3 aromatic rings. The van der Waals surface area contributed by atoms with E-state index in [4.69, 9.17) is 11.6 Å². The molecular formula is C18H17ClN4OS. The summed E-state index contributed by atoms with van der Waals surface area (Å²) < 4.78 is 1.59. The minimum absolute atomic E-state index is 0.0813. The molecular weight excluding hydrogens is 356 g/mol. The highest BCUT2D eigenvalue weighted by Gasteiger charge is 2.10. The molecule has 5 nitrogen and oxygen atoms in total. The Morgan fingerprint density at radius 1 is 1.28 bits per heavy atom. The number of anilines is 1. The van der Waals surface area contributed by atoms with E-state index in [1.807, 2.05) is 12.1 Å². The number of rotatable bonds is 6. The van der Waals surface area contributed by atoms with Gasteiger partial charge in [-0.25, -0.2) is 9.67 Å². The van der Waals surface area contributed by atoms with E-state index in [2.05, 4.69) is 34.5 Å². The third-order valence-electron chi connectivity index (χ3n) is 3.65. The highest BCUT2D eigenvalue weighted by molar-refractivity contribution is 7.99. The SMILES string of the molecule is Cc1ccccc1CSCC(=O)Nc1cc(Cl)ccc1-n1cncn1. The van der Waals surface area contributed by atoms with Gasteiger partial charge in [0.05, 0.1) is 17.1 Å². The topological polar surface area (TPSA) is 59.8 Å². The lowest BCUT2D eigenvalue weighted by Crippen LogP contribution is -2.16. The Kier molecular flexibility index (Phi) is 5.73. The molecule has 0 aliphatic heterocycles. The summed E-state index contributed by atoms with van der Waals surface area (Å²) >= 11 is 7.64. The molecule has 0 bridgehead atoms. The van der Waals surface area contributed by atoms with Crippen LogP contribution in [-0.4, -0.2) is 26.4 Å². The van der Waals surface area contributed by atoms with Crippen molar-refractivity contribution in [2.45, 2.75) is 12.7 Å². The Morgan fingerprint density at radius 3 is 2.88 bits per heavy atom. The molecule has 1 aromatic heterocycles. The third-order valence-corrected chi connectivity index (χ3v) is 4.87. The van der Waals surface area contributed by atoms with E-state index >= 15 is 0 Å². The first-order valence-corrected chi connectivity index (χ1v) is 9.23. The molecule has 2 aromatic carbocycles. The van der Waals surface area contributed by atoms with Crippen molar-refractivity contribution in [3.05, 3.63) is 71.3 Å². The first kappa shape index (κ1) is 17.5. The fourth-order valence-electron chi connectivity index (χ4n) is 2.35. The number of hydrogen-bond acceptors (Lipinski definition) is 4. The van der Waals surface area contributed by atoms with Gasteiger partial charge >= 0.3 is 0 Å². The largest absolute Gasteiger partial charge is 0.323 e. The lowest BCUT2D eigenvalue weighted by Gasteiger charge is -2.11. The molecule has 0 radical (unpaired) electrons. The number of thioether (sulfide) groups is 1. The van der Waals surface area contributed by atoms with Gasteiger partial charge in [0.15, 0.2) is 0 Å². The van der Waals surface area contributed by atoms with E-state index in [-0.39, 0.29) is 5.91 Å². The number of aromatic nitrogens is 3. The summed E-state index contributed by atoms with van der Waals surface area (Å²) in [6.07, 6.45) is 3.02. The average Bonchev–Trinajstić information content (AvgIpc) is 3.11. The number of nitrogens with zero attached hydrogens (tertiary/aromatic N) is 3. The van der Waals surface area contributed by atoms with Crippen LogP contribution >= 0.6 is 23.4 Å². The van der Waals surface area contributed by atoms with E-state index in [0.29, 0.717) is 16.5 Å². The van der Waals surface area contributed by atoms with Crippen LogP contribution in [-0.2, 0) is 10.5 Å². The minimum atomic E-state index is -0.0813. The van der Waals surface area contributed by atoms with Crippen LogP contribution in [0.4, 0.5) is 5.69 Å². The Labute approximate surface area is 155 Å². The zero-order chi connectivity index (χ0) is 17.6. The Morgan fingerprint density at radius 2 is 2.12 bits per heavy atom. The molecule has 1 N–H and O–H groups in total. The van der Waals surface area contributed by atoms with Gasteiger partial charge in [0.25, 0.3) is 0 Å². The van der Waals surface area contributed by atoms with Crippen LogP contribution in [0.3, 0.4) is 0 Å². The number of amides is 1. The normalized spacial score (nSPS) is 10.6. The summed E-state index contributed by atoms with van der Waals surface area (Å²) in [5, 5.41) is 7.56. The first-order valence-electron chi connectivity index (χ1n) is 7.70. The zero-order valence-corrected chi connectivity index (χ0v) is 15.2. The molecule has 7 heteroatoms. The molecule has 0 aliphatic rings. The van der Waals surface area contributed by atoms with E-state index in [0.717, 1.165) is 11.4 Å². The third kappa shape index (κ3) is 4.61. The Bertz CT molecular complexity index is 867. The number of halogens is 1. The molecule has 0 aliphatic carbocycles. The second kappa shape index (κ2) is 8.18. The maximum Gasteiger partial charge on any atom is 0.234 e. The van der Waals surface area contributed by atoms with Gasteiger partial charge in [0.1, 0.15) is 12.7 Å². The summed E-state index contributed by atoms with van der Waals surface area (Å²) in [5.74, 6) is 1.07. The van der Waals surface area contributed by atoms with Crippen molar-refractivity contribution in [2.75, 3.05) is 11.1 Å². The van der Waals surface area contributed by atoms with Crippen molar-refractivity contribution in [3.8, 4) is 5.69 Å². The van der Waals surface area contributed by atoms with Crippen LogP contribution in [0.5, 0.6) is 0 Å². The van der Waals surface area contributed by atoms with Crippen LogP contribution in [0.15, 0.2) is 55.1 Å². The average molecular weight is 373 g/mol. The van der Waals surface area contributed by atoms with Crippen LogP contribution in [0.2, 0.25) is 5.02 Å². The van der Waals surface area contributed by atoms with Gasteiger partial charge < -0.3 is 5.32 Å². The van der Waals surface area contributed by atoms with Gasteiger partial charge in [-0.1, -0.05) is 35.9 Å². The Hall–Kier alpha value is -2.31. The van der Waals surface area contributed by atoms with Crippen molar-refractivity contribution in [1.29, 1.82) is 0 Å². The van der Waals surface area contributed by atoms with Gasteiger partial charge in [0, 0.05) is 10.8 Å². The molecule has 1 heterocycles. The number of carbonyl (C=O) groups excluding carboxylic acids is 1. The van der Waals surface area contributed by atoms with Gasteiger partial charge in [-0.2, -0.15) is 5.10 Å². The minimum Gasteiger partial charge on any atom is -0.323 e. The quantitative estimate of drug-likeness (QED) is 0.707. The molecule has 0 spiro atoms. The van der Waals surface area contributed by atoms with Crippen molar-refractivity contribution < 1.29 is 4.79 Å². The number of hydrogen-bond donors (Lipinski definition) is 1. The van der Waals surface area contributed by atoms with Gasteiger partial charge in [-0.15, -0.1) is 11.8 Å². The van der Waals surface area contributed by atoms with Gasteiger partial charge in [-0.3, -0.25) is 4.79 Å². The van der Waals surface area contributed by atoms with E-state index in [9.17, 15) is 4.79 Å². The summed E-state index contributed by atoms with van der Waals surface area (Å²) in [7, 11) is 0. The van der Waals surface area contributed by atoms with E-state index in [1.165, 1.54) is 17.5 Å². The lowest BCUT2D eigenvalue weighted by atomic mass is 10.1. The van der Waals surface area contributed by atoms with Crippen LogP contribution in [0.25, 0.3) is 5.69 Å². The molecule has 3 rings (SSSR count). The van der Waals surface area contributed by atoms with Crippen LogP contribution in [0.1, 0.15) is 11.1 Å². The zero-order valence-electron chi connectivity index (χ0n) is 13.6. The molecule has 0 saturated heterocycles. The maximum atomic E-state index is 12.3.